The summed E-state index contributed by atoms with van der Waals surface area (Å²) in [6, 6.07) is 4.95. The van der Waals surface area contributed by atoms with Crippen molar-refractivity contribution in [1.29, 1.82) is 0 Å². The van der Waals surface area contributed by atoms with Gasteiger partial charge in [0.25, 0.3) is 5.91 Å². The molecule has 2 aromatic rings. The quantitative estimate of drug-likeness (QED) is 0.842. The predicted molar refractivity (Wildman–Crippen MR) is 64.8 cm³/mol. The van der Waals surface area contributed by atoms with Gasteiger partial charge in [0.2, 0.25) is 17.1 Å². The second-order valence-corrected chi connectivity index (χ2v) is 4.48. The van der Waals surface area contributed by atoms with Crippen molar-refractivity contribution in [1.82, 2.24) is 10.2 Å². The van der Waals surface area contributed by atoms with Crippen molar-refractivity contribution in [3.63, 3.8) is 0 Å². The summed E-state index contributed by atoms with van der Waals surface area (Å²) in [7, 11) is 0. The molecule has 0 fully saturated rings. The minimum atomic E-state index is -0.301. The maximum atomic E-state index is 11.9. The zero-order valence-electron chi connectivity index (χ0n) is 9.04. The van der Waals surface area contributed by atoms with Crippen LogP contribution >= 0.6 is 11.3 Å². The standard InChI is InChI=1S/C10H8N4O3S/c11-9-13-14-10(18-9)12-8(15)5-1-2-6-7(3-5)17-4-16-6/h1-3H,4H2,(H2,11,13)(H,12,14,15). The van der Waals surface area contributed by atoms with E-state index in [1.807, 2.05) is 0 Å². The van der Waals surface area contributed by atoms with Gasteiger partial charge in [0.15, 0.2) is 11.5 Å². The average Bonchev–Trinajstić information content (AvgIpc) is 2.96. The lowest BCUT2D eigenvalue weighted by atomic mass is 10.2. The number of rotatable bonds is 2. The highest BCUT2D eigenvalue weighted by molar-refractivity contribution is 7.19. The second-order valence-electron chi connectivity index (χ2n) is 3.47. The summed E-state index contributed by atoms with van der Waals surface area (Å²) in [5.41, 5.74) is 5.88. The highest BCUT2D eigenvalue weighted by atomic mass is 32.1. The molecule has 8 heteroatoms. The Morgan fingerprint density at radius 2 is 2.17 bits per heavy atom. The van der Waals surface area contributed by atoms with Gasteiger partial charge in [-0.1, -0.05) is 11.3 Å². The van der Waals surface area contributed by atoms with Crippen LogP contribution in [-0.2, 0) is 0 Å². The first kappa shape index (κ1) is 10.8. The molecule has 3 N–H and O–H groups in total. The van der Waals surface area contributed by atoms with Crippen LogP contribution in [0.25, 0.3) is 0 Å². The van der Waals surface area contributed by atoms with Gasteiger partial charge < -0.3 is 15.2 Å². The molecule has 0 aliphatic carbocycles. The van der Waals surface area contributed by atoms with Crippen LogP contribution in [0.1, 0.15) is 10.4 Å². The maximum absolute atomic E-state index is 11.9. The number of nitrogens with one attached hydrogen (secondary N) is 1. The third-order valence-electron chi connectivity index (χ3n) is 2.30. The summed E-state index contributed by atoms with van der Waals surface area (Å²) >= 11 is 1.10. The Morgan fingerprint density at radius 3 is 2.94 bits per heavy atom. The van der Waals surface area contributed by atoms with Crippen LogP contribution in [0, 0.1) is 0 Å². The third-order valence-corrected chi connectivity index (χ3v) is 2.96. The molecule has 1 aliphatic rings. The number of nitrogen functional groups attached to an aromatic ring is 1. The number of fused-ring (bicyclic) bond motifs is 1. The number of carbonyl (C=O) groups excluding carboxylic acids is 1. The highest BCUT2D eigenvalue weighted by Gasteiger charge is 2.16. The van der Waals surface area contributed by atoms with Gasteiger partial charge in [-0.25, -0.2) is 0 Å². The molecule has 1 aromatic heterocycles. The molecule has 0 unspecified atom stereocenters. The van der Waals surface area contributed by atoms with E-state index in [0.717, 1.165) is 11.3 Å². The fraction of sp³-hybridized carbons (Fsp3) is 0.100. The molecule has 0 atom stereocenters. The molecule has 1 aliphatic heterocycles. The molecule has 1 amide bonds. The highest BCUT2D eigenvalue weighted by Crippen LogP contribution is 2.32. The van der Waals surface area contributed by atoms with Gasteiger partial charge in [-0.15, -0.1) is 10.2 Å². The number of hydrogen-bond acceptors (Lipinski definition) is 7. The third kappa shape index (κ3) is 1.93. The summed E-state index contributed by atoms with van der Waals surface area (Å²) in [5.74, 6) is 0.885. The maximum Gasteiger partial charge on any atom is 0.257 e. The van der Waals surface area contributed by atoms with E-state index in [1.165, 1.54) is 0 Å². The molecule has 0 bridgehead atoms. The van der Waals surface area contributed by atoms with Crippen molar-refractivity contribution in [3.05, 3.63) is 23.8 Å². The van der Waals surface area contributed by atoms with E-state index in [0.29, 0.717) is 27.3 Å². The molecule has 0 spiro atoms. The Kier molecular flexibility index (Phi) is 2.49. The second kappa shape index (κ2) is 4.15. The summed E-state index contributed by atoms with van der Waals surface area (Å²) in [6.45, 7) is 0.174. The zero-order valence-corrected chi connectivity index (χ0v) is 9.86. The van der Waals surface area contributed by atoms with Crippen LogP contribution in [-0.4, -0.2) is 22.9 Å². The van der Waals surface area contributed by atoms with Gasteiger partial charge in [0, 0.05) is 5.56 Å². The Labute approximate surface area is 106 Å². The Morgan fingerprint density at radius 1 is 1.33 bits per heavy atom. The van der Waals surface area contributed by atoms with Crippen molar-refractivity contribution in [2.45, 2.75) is 0 Å². The topological polar surface area (TPSA) is 99.4 Å². The van der Waals surface area contributed by atoms with Gasteiger partial charge in [-0.3, -0.25) is 10.1 Å². The van der Waals surface area contributed by atoms with Crippen LogP contribution in [0.3, 0.4) is 0 Å². The lowest BCUT2D eigenvalue weighted by Gasteiger charge is -2.02. The smallest absolute Gasteiger partial charge is 0.257 e. The van der Waals surface area contributed by atoms with E-state index in [-0.39, 0.29) is 12.7 Å². The van der Waals surface area contributed by atoms with Gasteiger partial charge in [-0.05, 0) is 18.2 Å². The number of nitrogens with two attached hydrogens (primary N) is 1. The van der Waals surface area contributed by atoms with E-state index >= 15 is 0 Å². The molecule has 0 saturated carbocycles. The van der Waals surface area contributed by atoms with Crippen molar-refractivity contribution in [3.8, 4) is 11.5 Å². The van der Waals surface area contributed by atoms with E-state index in [1.54, 1.807) is 18.2 Å². The van der Waals surface area contributed by atoms with E-state index < -0.39 is 0 Å². The van der Waals surface area contributed by atoms with E-state index in [2.05, 4.69) is 15.5 Å². The minimum absolute atomic E-state index is 0.174. The predicted octanol–water partition coefficient (Wildman–Crippen LogP) is 1.10. The number of amides is 1. The zero-order chi connectivity index (χ0) is 12.5. The average molecular weight is 264 g/mol. The van der Waals surface area contributed by atoms with Crippen molar-refractivity contribution >= 4 is 27.5 Å². The number of benzene rings is 1. The lowest BCUT2D eigenvalue weighted by Crippen LogP contribution is -2.11. The molecule has 7 nitrogen and oxygen atoms in total. The van der Waals surface area contributed by atoms with Crippen LogP contribution in [0.5, 0.6) is 11.5 Å². The molecule has 3 rings (SSSR count). The van der Waals surface area contributed by atoms with Gasteiger partial charge in [-0.2, -0.15) is 0 Å². The molecule has 0 saturated heterocycles. The molecule has 0 radical (unpaired) electrons. The van der Waals surface area contributed by atoms with Crippen LogP contribution in [0.15, 0.2) is 18.2 Å². The fourth-order valence-electron chi connectivity index (χ4n) is 1.49. The van der Waals surface area contributed by atoms with E-state index in [9.17, 15) is 4.79 Å². The number of ether oxygens (including phenoxy) is 2. The van der Waals surface area contributed by atoms with Crippen molar-refractivity contribution in [2.75, 3.05) is 17.8 Å². The first-order valence-electron chi connectivity index (χ1n) is 5.02. The first-order valence-corrected chi connectivity index (χ1v) is 5.84. The van der Waals surface area contributed by atoms with Gasteiger partial charge >= 0.3 is 0 Å². The van der Waals surface area contributed by atoms with E-state index in [4.69, 9.17) is 15.2 Å². The Hall–Kier alpha value is -2.35. The molecule has 92 valence electrons. The van der Waals surface area contributed by atoms with Crippen LogP contribution in [0.2, 0.25) is 0 Å². The Balaban J connectivity index is 1.80. The lowest BCUT2D eigenvalue weighted by molar-refractivity contribution is 0.102. The molecular weight excluding hydrogens is 256 g/mol. The number of carbonyl (C=O) groups is 1. The number of aromatic nitrogens is 2. The fourth-order valence-corrected chi connectivity index (χ4v) is 2.00. The van der Waals surface area contributed by atoms with Gasteiger partial charge in [0.1, 0.15) is 0 Å². The Bertz CT molecular complexity index is 613. The molecular formula is C10H8N4O3S. The number of hydrogen-bond donors (Lipinski definition) is 2. The molecule has 1 aromatic carbocycles. The van der Waals surface area contributed by atoms with Crippen LogP contribution in [0.4, 0.5) is 10.3 Å². The SMILES string of the molecule is Nc1nnc(NC(=O)c2ccc3c(c2)OCO3)s1. The minimum Gasteiger partial charge on any atom is -0.454 e. The number of anilines is 2. The first-order chi connectivity index (χ1) is 8.72. The van der Waals surface area contributed by atoms with Crippen LogP contribution < -0.4 is 20.5 Å². The molecule has 2 heterocycles. The largest absolute Gasteiger partial charge is 0.454 e. The summed E-state index contributed by atoms with van der Waals surface area (Å²) in [4.78, 5) is 11.9. The van der Waals surface area contributed by atoms with Crippen molar-refractivity contribution < 1.29 is 14.3 Å². The molecule has 18 heavy (non-hydrogen) atoms. The summed E-state index contributed by atoms with van der Waals surface area (Å²) in [6.07, 6.45) is 0. The summed E-state index contributed by atoms with van der Waals surface area (Å²) < 4.78 is 10.4. The van der Waals surface area contributed by atoms with Gasteiger partial charge in [0.05, 0.1) is 0 Å². The monoisotopic (exact) mass is 264 g/mol. The van der Waals surface area contributed by atoms with Crippen molar-refractivity contribution in [2.24, 2.45) is 0 Å². The summed E-state index contributed by atoms with van der Waals surface area (Å²) in [5, 5.41) is 10.6. The normalized spacial score (nSPS) is 12.4. The number of nitrogens with zero attached hydrogens (tertiary/aromatic N) is 2.